The number of aromatic amines is 1. The topological polar surface area (TPSA) is 61.8 Å². The van der Waals surface area contributed by atoms with Crippen LogP contribution in [0.2, 0.25) is 0 Å². The summed E-state index contributed by atoms with van der Waals surface area (Å²) in [5.74, 6) is 3.53. The molecule has 2 aromatic heterocycles. The quantitative estimate of drug-likeness (QED) is 0.460. The second-order valence-corrected chi connectivity index (χ2v) is 8.60. The molecule has 2 aliphatic rings. The molecule has 0 bridgehead atoms. The number of imidazole rings is 1. The van der Waals surface area contributed by atoms with E-state index in [0.717, 1.165) is 40.8 Å². The average Bonchev–Trinajstić information content (AvgIpc) is 3.35. The van der Waals surface area contributed by atoms with E-state index in [9.17, 15) is 0 Å². The van der Waals surface area contributed by atoms with Gasteiger partial charge in [-0.25, -0.2) is 4.98 Å². The van der Waals surface area contributed by atoms with Gasteiger partial charge in [0.1, 0.15) is 11.6 Å². The van der Waals surface area contributed by atoms with Crippen molar-refractivity contribution in [2.45, 2.75) is 30.2 Å². The maximum Gasteiger partial charge on any atom is 0.161 e. The maximum atomic E-state index is 4.53. The molecule has 144 valence electrons. The van der Waals surface area contributed by atoms with Crippen LogP contribution in [0.25, 0.3) is 16.7 Å². The molecule has 0 radical (unpaired) electrons. The summed E-state index contributed by atoms with van der Waals surface area (Å²) in [5.41, 5.74) is 2.48. The first-order valence-electron chi connectivity index (χ1n) is 9.83. The molecule has 2 aromatic carbocycles. The number of rotatable bonds is 5. The van der Waals surface area contributed by atoms with E-state index in [2.05, 4.69) is 65.9 Å². The fourth-order valence-corrected chi connectivity index (χ4v) is 4.60. The first-order chi connectivity index (χ1) is 14.3. The lowest BCUT2D eigenvalue weighted by atomic mass is 10.1. The predicted octanol–water partition coefficient (Wildman–Crippen LogP) is 5.03. The number of para-hydroxylation sites is 1. The summed E-state index contributed by atoms with van der Waals surface area (Å²) in [7, 11) is 0. The van der Waals surface area contributed by atoms with Gasteiger partial charge in [0.2, 0.25) is 0 Å². The van der Waals surface area contributed by atoms with Crippen LogP contribution in [0, 0.1) is 0 Å². The molecule has 1 aliphatic heterocycles. The number of anilines is 1. The minimum absolute atomic E-state index is 0.745. The van der Waals surface area contributed by atoms with Crippen molar-refractivity contribution >= 4 is 34.5 Å². The molecule has 0 atom stereocenters. The molecule has 6 rings (SSSR count). The highest BCUT2D eigenvalue weighted by molar-refractivity contribution is 7.97. The molecule has 3 heterocycles. The van der Waals surface area contributed by atoms with Crippen molar-refractivity contribution in [3.8, 4) is 0 Å². The molecular formula is C22H20N6S. The van der Waals surface area contributed by atoms with Crippen LogP contribution >= 0.6 is 11.9 Å². The Morgan fingerprint density at radius 3 is 2.79 bits per heavy atom. The highest BCUT2D eigenvalue weighted by atomic mass is 32.2. The molecule has 0 amide bonds. The highest BCUT2D eigenvalue weighted by Gasteiger charge is 2.23. The Morgan fingerprint density at radius 1 is 1.07 bits per heavy atom. The summed E-state index contributed by atoms with van der Waals surface area (Å²) in [6.07, 6.45) is 8.61. The van der Waals surface area contributed by atoms with Crippen molar-refractivity contribution < 1.29 is 0 Å². The maximum absolute atomic E-state index is 4.53. The van der Waals surface area contributed by atoms with Gasteiger partial charge >= 0.3 is 0 Å². The Kier molecular flexibility index (Phi) is 3.87. The molecular weight excluding hydrogens is 380 g/mol. The Hall–Kier alpha value is -3.19. The molecule has 4 aromatic rings. The summed E-state index contributed by atoms with van der Waals surface area (Å²) in [6.45, 7) is 0.745. The second-order valence-electron chi connectivity index (χ2n) is 7.48. The van der Waals surface area contributed by atoms with Gasteiger partial charge in [-0.05, 0) is 60.5 Å². The molecule has 0 spiro atoms. The first-order valence-corrected chi connectivity index (χ1v) is 10.6. The zero-order valence-corrected chi connectivity index (χ0v) is 16.6. The van der Waals surface area contributed by atoms with E-state index in [1.807, 2.05) is 30.6 Å². The standard InChI is InChI=1S/C22H20N6S/c1-2-4-19-18(3-1)22(26-25-19)24-21-14-27(13-20-23-11-12-28(20)21)29-17-9-7-16(8-10-17)15-5-6-15/h1-4,7-12,14-15H,5-6,13H2,(H2,24,25,26). The van der Waals surface area contributed by atoms with Crippen LogP contribution in [0.3, 0.4) is 0 Å². The van der Waals surface area contributed by atoms with Gasteiger partial charge in [0.05, 0.1) is 18.3 Å². The Balaban J connectivity index is 1.28. The molecule has 29 heavy (non-hydrogen) atoms. The minimum Gasteiger partial charge on any atom is -0.323 e. The lowest BCUT2D eigenvalue weighted by molar-refractivity contribution is 0.562. The molecule has 1 aliphatic carbocycles. The fourth-order valence-electron chi connectivity index (χ4n) is 3.74. The lowest BCUT2D eigenvalue weighted by Gasteiger charge is -2.26. The van der Waals surface area contributed by atoms with E-state index < -0.39 is 0 Å². The van der Waals surface area contributed by atoms with E-state index in [1.165, 1.54) is 23.3 Å². The van der Waals surface area contributed by atoms with Gasteiger partial charge in [-0.15, -0.1) is 0 Å². The van der Waals surface area contributed by atoms with Crippen molar-refractivity contribution in [1.29, 1.82) is 0 Å². The molecule has 7 heteroatoms. The Morgan fingerprint density at radius 2 is 1.93 bits per heavy atom. The number of fused-ring (bicyclic) bond motifs is 2. The third kappa shape index (κ3) is 3.17. The number of H-pyrrole nitrogens is 1. The fraction of sp³-hybridized carbons (Fsp3) is 0.182. The van der Waals surface area contributed by atoms with E-state index in [0.29, 0.717) is 0 Å². The Labute approximate surface area is 172 Å². The monoisotopic (exact) mass is 400 g/mol. The van der Waals surface area contributed by atoms with Crippen LogP contribution in [-0.4, -0.2) is 24.1 Å². The largest absolute Gasteiger partial charge is 0.323 e. The number of nitrogens with zero attached hydrogens (tertiary/aromatic N) is 4. The van der Waals surface area contributed by atoms with E-state index in [1.54, 1.807) is 11.9 Å². The van der Waals surface area contributed by atoms with E-state index >= 15 is 0 Å². The summed E-state index contributed by atoms with van der Waals surface area (Å²) in [4.78, 5) is 5.77. The number of hydrogen-bond donors (Lipinski definition) is 2. The van der Waals surface area contributed by atoms with Gasteiger partial charge < -0.3 is 9.62 Å². The summed E-state index contributed by atoms with van der Waals surface area (Å²) in [5, 5.41) is 12.1. The molecule has 1 saturated carbocycles. The molecule has 2 N–H and O–H groups in total. The highest BCUT2D eigenvalue weighted by Crippen LogP contribution is 2.40. The summed E-state index contributed by atoms with van der Waals surface area (Å²) in [6, 6.07) is 17.1. The zero-order chi connectivity index (χ0) is 19.2. The summed E-state index contributed by atoms with van der Waals surface area (Å²) >= 11 is 1.73. The van der Waals surface area contributed by atoms with Crippen molar-refractivity contribution in [3.05, 3.63) is 78.5 Å². The Bertz CT molecular complexity index is 1200. The molecule has 0 unspecified atom stereocenters. The first kappa shape index (κ1) is 16.7. The van der Waals surface area contributed by atoms with Crippen LogP contribution < -0.4 is 5.32 Å². The van der Waals surface area contributed by atoms with E-state index in [-0.39, 0.29) is 0 Å². The van der Waals surface area contributed by atoms with Crippen molar-refractivity contribution in [2.75, 3.05) is 5.32 Å². The lowest BCUT2D eigenvalue weighted by Crippen LogP contribution is -2.23. The van der Waals surface area contributed by atoms with Crippen LogP contribution in [0.1, 0.15) is 30.1 Å². The van der Waals surface area contributed by atoms with Gasteiger partial charge in [0, 0.05) is 22.7 Å². The van der Waals surface area contributed by atoms with Gasteiger partial charge in [0.15, 0.2) is 5.82 Å². The second kappa shape index (κ2) is 6.70. The van der Waals surface area contributed by atoms with E-state index in [4.69, 9.17) is 0 Å². The number of benzene rings is 2. The van der Waals surface area contributed by atoms with Crippen molar-refractivity contribution in [3.63, 3.8) is 0 Å². The SMILES string of the molecule is C1=C(Nc2n[nH]c3ccccc23)n2ccnc2CN1Sc1ccc(C2CC2)cc1. The zero-order valence-electron chi connectivity index (χ0n) is 15.7. The number of aromatic nitrogens is 4. The molecule has 6 nitrogen and oxygen atoms in total. The van der Waals surface area contributed by atoms with Gasteiger partial charge in [-0.1, -0.05) is 24.3 Å². The van der Waals surface area contributed by atoms with Crippen LogP contribution in [0.4, 0.5) is 5.82 Å². The average molecular weight is 401 g/mol. The van der Waals surface area contributed by atoms with Crippen molar-refractivity contribution in [2.24, 2.45) is 0 Å². The summed E-state index contributed by atoms with van der Waals surface area (Å²) < 4.78 is 4.29. The molecule has 1 fully saturated rings. The van der Waals surface area contributed by atoms with Crippen molar-refractivity contribution in [1.82, 2.24) is 24.1 Å². The van der Waals surface area contributed by atoms with Gasteiger partial charge in [-0.3, -0.25) is 9.67 Å². The third-order valence-electron chi connectivity index (χ3n) is 5.41. The van der Waals surface area contributed by atoms with Gasteiger partial charge in [0.25, 0.3) is 0 Å². The number of nitrogens with one attached hydrogen (secondary N) is 2. The van der Waals surface area contributed by atoms with Crippen LogP contribution in [0.5, 0.6) is 0 Å². The predicted molar refractivity (Wildman–Crippen MR) is 116 cm³/mol. The number of hydrogen-bond acceptors (Lipinski definition) is 5. The third-order valence-corrected chi connectivity index (χ3v) is 6.36. The molecule has 0 saturated heterocycles. The normalized spacial score (nSPS) is 16.0. The van der Waals surface area contributed by atoms with Gasteiger partial charge in [-0.2, -0.15) is 5.10 Å². The van der Waals surface area contributed by atoms with Crippen LogP contribution in [0.15, 0.2) is 72.0 Å². The van der Waals surface area contributed by atoms with Crippen LogP contribution in [-0.2, 0) is 6.54 Å². The smallest absolute Gasteiger partial charge is 0.161 e. The minimum atomic E-state index is 0.745.